The van der Waals surface area contributed by atoms with Crippen LogP contribution in [0.3, 0.4) is 0 Å². The van der Waals surface area contributed by atoms with Crippen LogP contribution in [0.1, 0.15) is 28.3 Å². The van der Waals surface area contributed by atoms with E-state index in [4.69, 9.17) is 9.72 Å². The lowest BCUT2D eigenvalue weighted by Crippen LogP contribution is -2.14. The zero-order valence-corrected chi connectivity index (χ0v) is 16.0. The maximum absolute atomic E-state index is 13.3. The molecular weight excluding hydrogens is 387 g/mol. The lowest BCUT2D eigenvalue weighted by molar-refractivity contribution is 0.416. The number of ether oxygens (including phenoxy) is 1. The number of nitrogens with one attached hydrogen (secondary N) is 1. The standard InChI is InChI=1S/C20H15FN8O/c1-10-14-15(12-7-23-28(2)8-12)16-18-24-17(11-3-5-13(21)6-4-11)27-29(18)9-22-19(16)30-20(14)26-25-10/h3-9,15H,1-2H3,(H,25,26)/t15-/m1/s1. The Balaban J connectivity index is 1.61. The van der Waals surface area contributed by atoms with Crippen molar-refractivity contribution in [3.8, 4) is 23.1 Å². The number of fused-ring (bicyclic) bond motifs is 4. The lowest BCUT2D eigenvalue weighted by Gasteiger charge is -2.24. The maximum atomic E-state index is 13.3. The molecule has 0 fully saturated rings. The van der Waals surface area contributed by atoms with Crippen molar-refractivity contribution in [2.24, 2.45) is 7.05 Å². The van der Waals surface area contributed by atoms with Crippen molar-refractivity contribution in [1.82, 2.24) is 39.6 Å². The summed E-state index contributed by atoms with van der Waals surface area (Å²) in [5.41, 5.74) is 4.88. The van der Waals surface area contributed by atoms with Gasteiger partial charge in [-0.3, -0.25) is 9.78 Å². The van der Waals surface area contributed by atoms with Gasteiger partial charge < -0.3 is 4.74 Å². The highest BCUT2D eigenvalue weighted by Gasteiger charge is 2.37. The van der Waals surface area contributed by atoms with Gasteiger partial charge in [0.15, 0.2) is 11.5 Å². The monoisotopic (exact) mass is 402 g/mol. The van der Waals surface area contributed by atoms with Gasteiger partial charge in [-0.15, -0.1) is 10.2 Å². The first kappa shape index (κ1) is 16.8. The van der Waals surface area contributed by atoms with Crippen molar-refractivity contribution in [2.75, 3.05) is 0 Å². The van der Waals surface area contributed by atoms with Crippen molar-refractivity contribution in [3.05, 3.63) is 71.2 Å². The largest absolute Gasteiger partial charge is 0.418 e. The Labute approximate surface area is 169 Å². The third-order valence-corrected chi connectivity index (χ3v) is 5.28. The van der Waals surface area contributed by atoms with Gasteiger partial charge in [0.25, 0.3) is 0 Å². The lowest BCUT2D eigenvalue weighted by atomic mass is 9.86. The van der Waals surface area contributed by atoms with Crippen LogP contribution in [0, 0.1) is 12.7 Å². The molecule has 0 saturated heterocycles. The van der Waals surface area contributed by atoms with Crippen LogP contribution in [0.25, 0.3) is 17.0 Å². The van der Waals surface area contributed by atoms with Gasteiger partial charge in [-0.2, -0.15) is 5.10 Å². The number of rotatable bonds is 2. The van der Waals surface area contributed by atoms with Gasteiger partial charge >= 0.3 is 0 Å². The van der Waals surface area contributed by atoms with Crippen LogP contribution in [-0.2, 0) is 7.05 Å². The zero-order valence-electron chi connectivity index (χ0n) is 16.0. The van der Waals surface area contributed by atoms with E-state index in [0.29, 0.717) is 28.8 Å². The van der Waals surface area contributed by atoms with Crippen LogP contribution in [0.2, 0.25) is 0 Å². The molecule has 1 N–H and O–H groups in total. The van der Waals surface area contributed by atoms with Crippen molar-refractivity contribution >= 4 is 5.65 Å². The molecule has 4 aromatic heterocycles. The van der Waals surface area contributed by atoms with Gasteiger partial charge in [0, 0.05) is 35.6 Å². The van der Waals surface area contributed by atoms with Crippen molar-refractivity contribution in [1.29, 1.82) is 0 Å². The first-order valence-corrected chi connectivity index (χ1v) is 9.31. The van der Waals surface area contributed by atoms with E-state index in [1.54, 1.807) is 27.7 Å². The van der Waals surface area contributed by atoms with E-state index in [2.05, 4.69) is 25.4 Å². The van der Waals surface area contributed by atoms with Crippen molar-refractivity contribution in [3.63, 3.8) is 0 Å². The highest BCUT2D eigenvalue weighted by molar-refractivity contribution is 5.67. The molecule has 0 radical (unpaired) electrons. The van der Waals surface area contributed by atoms with E-state index < -0.39 is 0 Å². The second kappa shape index (κ2) is 5.96. The van der Waals surface area contributed by atoms with E-state index in [0.717, 1.165) is 22.4 Å². The predicted molar refractivity (Wildman–Crippen MR) is 104 cm³/mol. The fourth-order valence-electron chi connectivity index (χ4n) is 3.91. The van der Waals surface area contributed by atoms with Crippen LogP contribution >= 0.6 is 0 Å². The van der Waals surface area contributed by atoms with Crippen molar-refractivity contribution < 1.29 is 9.13 Å². The molecule has 6 rings (SSSR count). The molecule has 1 aromatic carbocycles. The van der Waals surface area contributed by atoms with Crippen molar-refractivity contribution in [2.45, 2.75) is 12.8 Å². The minimum Gasteiger partial charge on any atom is -0.418 e. The normalized spacial score (nSPS) is 15.1. The summed E-state index contributed by atoms with van der Waals surface area (Å²) in [6.45, 7) is 1.95. The average Bonchev–Trinajstić information content (AvgIpc) is 3.45. The summed E-state index contributed by atoms with van der Waals surface area (Å²) in [6, 6.07) is 6.07. The first-order valence-electron chi connectivity index (χ1n) is 9.31. The molecule has 0 saturated carbocycles. The molecule has 9 nitrogen and oxygen atoms in total. The Morgan fingerprint density at radius 3 is 2.73 bits per heavy atom. The molecule has 0 unspecified atom stereocenters. The average molecular weight is 402 g/mol. The van der Waals surface area contributed by atoms with E-state index in [9.17, 15) is 4.39 Å². The van der Waals surface area contributed by atoms with Gasteiger partial charge in [0.2, 0.25) is 11.8 Å². The number of nitrogens with zero attached hydrogens (tertiary/aromatic N) is 7. The highest BCUT2D eigenvalue weighted by Crippen LogP contribution is 2.48. The van der Waals surface area contributed by atoms with Crippen LogP contribution in [-0.4, -0.2) is 39.6 Å². The summed E-state index contributed by atoms with van der Waals surface area (Å²) >= 11 is 0. The summed E-state index contributed by atoms with van der Waals surface area (Å²) in [5, 5.41) is 16.2. The van der Waals surface area contributed by atoms with Crippen LogP contribution in [0.4, 0.5) is 4.39 Å². The Hall–Kier alpha value is -4.08. The number of halogens is 1. The molecule has 1 aliphatic rings. The second-order valence-electron chi connectivity index (χ2n) is 7.22. The van der Waals surface area contributed by atoms with Gasteiger partial charge in [0.1, 0.15) is 12.1 Å². The molecule has 0 spiro atoms. The molecule has 5 heterocycles. The fourth-order valence-corrected chi connectivity index (χ4v) is 3.91. The number of aryl methyl sites for hydroxylation is 2. The first-order chi connectivity index (χ1) is 14.6. The van der Waals surface area contributed by atoms with Gasteiger partial charge in [-0.1, -0.05) is 0 Å². The number of aromatic nitrogens is 8. The van der Waals surface area contributed by atoms with E-state index in [1.165, 1.54) is 12.1 Å². The summed E-state index contributed by atoms with van der Waals surface area (Å²) in [6.07, 6.45) is 5.33. The molecule has 5 aromatic rings. The number of aromatic amines is 1. The fraction of sp³-hybridized carbons (Fsp3) is 0.150. The van der Waals surface area contributed by atoms with Gasteiger partial charge in [-0.25, -0.2) is 18.9 Å². The van der Waals surface area contributed by atoms with E-state index in [-0.39, 0.29) is 11.7 Å². The summed E-state index contributed by atoms with van der Waals surface area (Å²) in [4.78, 5) is 9.20. The molecule has 0 bridgehead atoms. The highest BCUT2D eigenvalue weighted by atomic mass is 19.1. The SMILES string of the molecule is Cc1[nH]nc2c1[C@@H](c1cnn(C)c1)c1c(ncn3nc(-c4ccc(F)cc4)nc13)O2. The number of benzene rings is 1. The molecular formula is C20H15FN8O. The third-order valence-electron chi connectivity index (χ3n) is 5.28. The van der Waals surface area contributed by atoms with E-state index >= 15 is 0 Å². The molecule has 1 aliphatic heterocycles. The number of hydrogen-bond donors (Lipinski definition) is 1. The van der Waals surface area contributed by atoms with Gasteiger partial charge in [0.05, 0.1) is 17.7 Å². The summed E-state index contributed by atoms with van der Waals surface area (Å²) in [7, 11) is 1.87. The predicted octanol–water partition coefficient (Wildman–Crippen LogP) is 2.98. The van der Waals surface area contributed by atoms with Crippen LogP contribution < -0.4 is 4.74 Å². The smallest absolute Gasteiger partial charge is 0.244 e. The Morgan fingerprint density at radius 1 is 1.13 bits per heavy atom. The second-order valence-corrected chi connectivity index (χ2v) is 7.22. The van der Waals surface area contributed by atoms with Crippen LogP contribution in [0.5, 0.6) is 11.8 Å². The molecule has 0 amide bonds. The summed E-state index contributed by atoms with van der Waals surface area (Å²) < 4.78 is 22.7. The Bertz CT molecular complexity index is 1410. The molecule has 30 heavy (non-hydrogen) atoms. The van der Waals surface area contributed by atoms with Gasteiger partial charge in [-0.05, 0) is 31.2 Å². The van der Waals surface area contributed by atoms with Crippen LogP contribution in [0.15, 0.2) is 43.0 Å². The zero-order chi connectivity index (χ0) is 20.4. The quantitative estimate of drug-likeness (QED) is 0.478. The minimum atomic E-state index is -0.311. The topological polar surface area (TPSA) is 98.8 Å². The molecule has 10 heteroatoms. The molecule has 1 atom stereocenters. The summed E-state index contributed by atoms with van der Waals surface area (Å²) in [5.74, 6) is 0.856. The minimum absolute atomic E-state index is 0.224. The Kier molecular flexibility index (Phi) is 3.34. The third kappa shape index (κ3) is 2.36. The molecule has 0 aliphatic carbocycles. The van der Waals surface area contributed by atoms with E-state index in [1.807, 2.05) is 26.4 Å². The maximum Gasteiger partial charge on any atom is 0.244 e. The molecule has 148 valence electrons. The number of H-pyrrole nitrogens is 1. The Morgan fingerprint density at radius 2 is 1.97 bits per heavy atom. The number of hydrogen-bond acceptors (Lipinski definition) is 6.